The Morgan fingerprint density at radius 2 is 1.59 bits per heavy atom. The molecule has 2 nitrogen and oxygen atoms in total. The maximum atomic E-state index is 14.1. The first-order valence-electron chi connectivity index (χ1n) is 9.79. The Hall–Kier alpha value is -2.43. The van der Waals surface area contributed by atoms with Crippen molar-refractivity contribution in [2.75, 3.05) is 18.0 Å². The molecule has 0 radical (unpaired) electrons. The second-order valence-electron chi connectivity index (χ2n) is 7.73. The molecule has 2 unspecified atom stereocenters. The predicted octanol–water partition coefficient (Wildman–Crippen LogP) is 5.90. The van der Waals surface area contributed by atoms with Crippen LogP contribution in [0, 0.1) is 11.6 Å². The third kappa shape index (κ3) is 3.75. The molecule has 0 N–H and O–H groups in total. The number of nitrogens with zero attached hydrogens (tertiary/aromatic N) is 2. The SMILES string of the molecule is Cl.Fc1ccc(N2c3ccc(F)cc3C3CN(Cc4ccccc4)CCC32)cc1. The summed E-state index contributed by atoms with van der Waals surface area (Å²) in [7, 11) is 0. The average Bonchev–Trinajstić information content (AvgIpc) is 3.02. The van der Waals surface area contributed by atoms with Gasteiger partial charge in [0, 0.05) is 43.0 Å². The number of rotatable bonds is 3. The number of hydrogen-bond donors (Lipinski definition) is 0. The van der Waals surface area contributed by atoms with Crippen LogP contribution in [-0.2, 0) is 6.54 Å². The lowest BCUT2D eigenvalue weighted by molar-refractivity contribution is 0.189. The van der Waals surface area contributed by atoms with Crippen molar-refractivity contribution >= 4 is 23.8 Å². The zero-order valence-corrected chi connectivity index (χ0v) is 16.8. The van der Waals surface area contributed by atoms with Crippen molar-refractivity contribution in [1.29, 1.82) is 0 Å². The van der Waals surface area contributed by atoms with E-state index in [-0.39, 0.29) is 36.0 Å². The molecule has 1 fully saturated rings. The minimum absolute atomic E-state index is 0. The van der Waals surface area contributed by atoms with Gasteiger partial charge in [0.25, 0.3) is 0 Å². The Morgan fingerprint density at radius 3 is 2.34 bits per heavy atom. The van der Waals surface area contributed by atoms with Crippen molar-refractivity contribution in [2.45, 2.75) is 24.9 Å². The second-order valence-corrected chi connectivity index (χ2v) is 7.73. The lowest BCUT2D eigenvalue weighted by Gasteiger charge is -2.39. The van der Waals surface area contributed by atoms with Crippen LogP contribution in [0.5, 0.6) is 0 Å². The van der Waals surface area contributed by atoms with Gasteiger partial charge in [0.15, 0.2) is 0 Å². The lowest BCUT2D eigenvalue weighted by atomic mass is 9.88. The Morgan fingerprint density at radius 1 is 0.862 bits per heavy atom. The summed E-state index contributed by atoms with van der Waals surface area (Å²) in [5.74, 6) is -0.191. The molecule has 2 aliphatic heterocycles. The van der Waals surface area contributed by atoms with Crippen LogP contribution in [0.2, 0.25) is 0 Å². The average molecular weight is 413 g/mol. The summed E-state index contributed by atoms with van der Waals surface area (Å²) in [4.78, 5) is 4.73. The predicted molar refractivity (Wildman–Crippen MR) is 115 cm³/mol. The third-order valence-electron chi connectivity index (χ3n) is 5.99. The molecule has 29 heavy (non-hydrogen) atoms. The van der Waals surface area contributed by atoms with Gasteiger partial charge in [-0.1, -0.05) is 30.3 Å². The van der Waals surface area contributed by atoms with Crippen molar-refractivity contribution < 1.29 is 8.78 Å². The van der Waals surface area contributed by atoms with Crippen LogP contribution in [0.15, 0.2) is 72.8 Å². The Bertz CT molecular complexity index is 978. The number of hydrogen-bond acceptors (Lipinski definition) is 2. The number of anilines is 2. The summed E-state index contributed by atoms with van der Waals surface area (Å²) in [6.45, 7) is 2.79. The fraction of sp³-hybridized carbons (Fsp3) is 0.250. The molecular formula is C24H23ClF2N2. The van der Waals surface area contributed by atoms with Crippen LogP contribution < -0.4 is 4.90 Å². The van der Waals surface area contributed by atoms with Crippen LogP contribution in [0.25, 0.3) is 0 Å². The van der Waals surface area contributed by atoms with Crippen LogP contribution in [0.3, 0.4) is 0 Å². The van der Waals surface area contributed by atoms with Crippen molar-refractivity contribution in [3.05, 3.63) is 95.6 Å². The summed E-state index contributed by atoms with van der Waals surface area (Å²) in [5, 5.41) is 0. The molecule has 0 aromatic heterocycles. The van der Waals surface area contributed by atoms with Crippen LogP contribution in [0.4, 0.5) is 20.2 Å². The van der Waals surface area contributed by atoms with Gasteiger partial charge in [-0.3, -0.25) is 4.90 Å². The summed E-state index contributed by atoms with van der Waals surface area (Å²) in [5.41, 5.74) is 4.38. The molecule has 0 amide bonds. The smallest absolute Gasteiger partial charge is 0.123 e. The van der Waals surface area contributed by atoms with Gasteiger partial charge in [-0.25, -0.2) is 8.78 Å². The summed E-state index contributed by atoms with van der Waals surface area (Å²) in [6.07, 6.45) is 0.991. The normalized spacial score (nSPS) is 20.7. The maximum absolute atomic E-state index is 14.1. The fourth-order valence-corrected chi connectivity index (χ4v) is 4.76. The minimum atomic E-state index is -0.239. The molecule has 2 aliphatic rings. The number of piperidine rings is 1. The van der Waals surface area contributed by atoms with E-state index in [9.17, 15) is 8.78 Å². The van der Waals surface area contributed by atoms with Crippen LogP contribution in [0.1, 0.15) is 23.5 Å². The highest BCUT2D eigenvalue weighted by atomic mass is 35.5. The first-order chi connectivity index (χ1) is 13.7. The summed E-state index contributed by atoms with van der Waals surface area (Å²) in [6, 6.07) is 22.5. The van der Waals surface area contributed by atoms with E-state index in [1.165, 1.54) is 23.8 Å². The van der Waals surface area contributed by atoms with Gasteiger partial charge >= 0.3 is 0 Å². The molecule has 2 atom stereocenters. The van der Waals surface area contributed by atoms with Crippen LogP contribution >= 0.6 is 12.4 Å². The minimum Gasteiger partial charge on any atom is -0.337 e. The van der Waals surface area contributed by atoms with Gasteiger partial charge in [0.1, 0.15) is 11.6 Å². The van der Waals surface area contributed by atoms with Gasteiger partial charge in [-0.2, -0.15) is 0 Å². The van der Waals surface area contributed by atoms with Gasteiger partial charge < -0.3 is 4.90 Å². The Kier molecular flexibility index (Phi) is 5.57. The molecule has 0 saturated carbocycles. The van der Waals surface area contributed by atoms with E-state index in [1.54, 1.807) is 6.07 Å². The van der Waals surface area contributed by atoms with E-state index in [0.29, 0.717) is 0 Å². The highest BCUT2D eigenvalue weighted by molar-refractivity contribution is 5.85. The highest BCUT2D eigenvalue weighted by Crippen LogP contribution is 2.48. The quantitative estimate of drug-likeness (QED) is 0.528. The molecule has 3 aromatic carbocycles. The maximum Gasteiger partial charge on any atom is 0.123 e. The molecule has 2 heterocycles. The molecule has 150 valence electrons. The van der Waals surface area contributed by atoms with Crippen molar-refractivity contribution in [3.63, 3.8) is 0 Å². The standard InChI is InChI=1S/C24H22F2N2.ClH/c25-18-6-9-20(10-7-18)28-23-11-8-19(26)14-21(23)22-16-27(13-12-24(22)28)15-17-4-2-1-3-5-17;/h1-11,14,22,24H,12-13,15-16H2;1H. The zero-order chi connectivity index (χ0) is 19.1. The highest BCUT2D eigenvalue weighted by Gasteiger charge is 2.42. The summed E-state index contributed by atoms with van der Waals surface area (Å²) < 4.78 is 27.5. The van der Waals surface area contributed by atoms with Gasteiger partial charge in [-0.05, 0) is 60.0 Å². The number of likely N-dealkylation sites (tertiary alicyclic amines) is 1. The topological polar surface area (TPSA) is 6.48 Å². The molecule has 0 bridgehead atoms. The van der Waals surface area contributed by atoms with E-state index in [4.69, 9.17) is 0 Å². The molecule has 5 heteroatoms. The summed E-state index contributed by atoms with van der Waals surface area (Å²) >= 11 is 0. The largest absolute Gasteiger partial charge is 0.337 e. The molecule has 1 saturated heterocycles. The number of halogens is 3. The van der Waals surface area contributed by atoms with Gasteiger partial charge in [0.2, 0.25) is 0 Å². The third-order valence-corrected chi connectivity index (χ3v) is 5.99. The number of benzene rings is 3. The molecule has 3 aromatic rings. The fourth-order valence-electron chi connectivity index (χ4n) is 4.76. The molecule has 0 spiro atoms. The Balaban J connectivity index is 0.00000205. The van der Waals surface area contributed by atoms with Crippen LogP contribution in [-0.4, -0.2) is 24.0 Å². The molecular weight excluding hydrogens is 390 g/mol. The van der Waals surface area contributed by atoms with Crippen molar-refractivity contribution in [1.82, 2.24) is 4.90 Å². The molecule has 0 aliphatic carbocycles. The monoisotopic (exact) mass is 412 g/mol. The van der Waals surface area contributed by atoms with E-state index in [1.807, 2.05) is 24.3 Å². The van der Waals surface area contributed by atoms with Crippen molar-refractivity contribution in [2.24, 2.45) is 0 Å². The van der Waals surface area contributed by atoms with Gasteiger partial charge in [0.05, 0.1) is 0 Å². The number of fused-ring (bicyclic) bond motifs is 3. The second kappa shape index (κ2) is 8.13. The van der Waals surface area contributed by atoms with Gasteiger partial charge in [-0.15, -0.1) is 12.4 Å². The first kappa shape index (κ1) is 19.9. The van der Waals surface area contributed by atoms with E-state index in [2.05, 4.69) is 34.1 Å². The Labute approximate surface area is 176 Å². The van der Waals surface area contributed by atoms with E-state index >= 15 is 0 Å². The first-order valence-corrected chi connectivity index (χ1v) is 9.79. The van der Waals surface area contributed by atoms with E-state index in [0.717, 1.165) is 43.0 Å². The zero-order valence-electron chi connectivity index (χ0n) is 16.0. The molecule has 5 rings (SSSR count). The van der Waals surface area contributed by atoms with E-state index < -0.39 is 0 Å². The van der Waals surface area contributed by atoms with Crippen molar-refractivity contribution in [3.8, 4) is 0 Å². The lowest BCUT2D eigenvalue weighted by Crippen LogP contribution is -2.44.